The van der Waals surface area contributed by atoms with Gasteiger partial charge in [-0.2, -0.15) is 0 Å². The largest absolute Gasteiger partial charge is 0.493 e. The van der Waals surface area contributed by atoms with Crippen molar-refractivity contribution in [1.82, 2.24) is 0 Å². The van der Waals surface area contributed by atoms with E-state index in [-0.39, 0.29) is 0 Å². The van der Waals surface area contributed by atoms with E-state index < -0.39 is 7.12 Å². The van der Waals surface area contributed by atoms with Crippen LogP contribution in [0.25, 0.3) is 0 Å². The van der Waals surface area contributed by atoms with Crippen LogP contribution in [0, 0.1) is 5.92 Å². The minimum atomic E-state index is -1.42. The van der Waals surface area contributed by atoms with Crippen LogP contribution in [-0.4, -0.2) is 23.8 Å². The van der Waals surface area contributed by atoms with E-state index >= 15 is 0 Å². The van der Waals surface area contributed by atoms with Gasteiger partial charge in [-0.3, -0.25) is 0 Å². The van der Waals surface area contributed by atoms with Crippen molar-refractivity contribution in [2.45, 2.75) is 25.7 Å². The fourth-order valence-electron chi connectivity index (χ4n) is 2.16. The molecule has 0 spiro atoms. The molecule has 1 aromatic carbocycles. The van der Waals surface area contributed by atoms with Gasteiger partial charge in [0.25, 0.3) is 0 Å². The zero-order valence-corrected chi connectivity index (χ0v) is 9.30. The van der Waals surface area contributed by atoms with Gasteiger partial charge >= 0.3 is 7.12 Å². The number of rotatable bonds is 4. The van der Waals surface area contributed by atoms with Crippen LogP contribution in [0.5, 0.6) is 5.75 Å². The minimum Gasteiger partial charge on any atom is -0.493 e. The van der Waals surface area contributed by atoms with Crippen molar-refractivity contribution in [3.05, 3.63) is 24.3 Å². The lowest BCUT2D eigenvalue weighted by Gasteiger charge is -2.12. The van der Waals surface area contributed by atoms with Crippen LogP contribution >= 0.6 is 0 Å². The second-order valence-corrected chi connectivity index (χ2v) is 4.41. The third kappa shape index (κ3) is 3.00. The second kappa shape index (κ2) is 5.37. The highest BCUT2D eigenvalue weighted by molar-refractivity contribution is 6.58. The normalized spacial score (nSPS) is 16.4. The molecule has 16 heavy (non-hydrogen) atoms. The fourth-order valence-corrected chi connectivity index (χ4v) is 2.16. The Hall–Kier alpha value is -0.995. The van der Waals surface area contributed by atoms with Crippen molar-refractivity contribution >= 4 is 12.6 Å². The van der Waals surface area contributed by atoms with Crippen LogP contribution in [0.3, 0.4) is 0 Å². The highest BCUT2D eigenvalue weighted by atomic mass is 16.5. The summed E-state index contributed by atoms with van der Waals surface area (Å²) in [6.45, 7) is 0.741. The first-order chi connectivity index (χ1) is 7.75. The minimum absolute atomic E-state index is 0.476. The van der Waals surface area contributed by atoms with Crippen molar-refractivity contribution in [3.63, 3.8) is 0 Å². The van der Waals surface area contributed by atoms with Gasteiger partial charge in [0, 0.05) is 0 Å². The number of hydrogen-bond donors (Lipinski definition) is 2. The van der Waals surface area contributed by atoms with Crippen LogP contribution in [0.15, 0.2) is 24.3 Å². The van der Waals surface area contributed by atoms with Gasteiger partial charge in [-0.15, -0.1) is 0 Å². The molecule has 0 heterocycles. The first-order valence-electron chi connectivity index (χ1n) is 5.84. The molecule has 0 atom stereocenters. The standard InChI is InChI=1S/C12H17BO3/c14-13(15)11-6-3-7-12(8-11)16-9-10-4-1-2-5-10/h3,6-8,10,14-15H,1-2,4-5,9H2. The Bertz CT molecular complexity index is 335. The van der Waals surface area contributed by atoms with Gasteiger partial charge in [-0.25, -0.2) is 0 Å². The van der Waals surface area contributed by atoms with Gasteiger partial charge in [-0.05, 0) is 36.4 Å². The summed E-state index contributed by atoms with van der Waals surface area (Å²) in [7, 11) is -1.42. The van der Waals surface area contributed by atoms with E-state index in [0.717, 1.165) is 12.4 Å². The lowest BCUT2D eigenvalue weighted by atomic mass is 9.80. The molecule has 0 bridgehead atoms. The molecule has 86 valence electrons. The fraction of sp³-hybridized carbons (Fsp3) is 0.500. The van der Waals surface area contributed by atoms with Gasteiger partial charge in [0.2, 0.25) is 0 Å². The summed E-state index contributed by atoms with van der Waals surface area (Å²) in [6, 6.07) is 6.98. The van der Waals surface area contributed by atoms with Crippen LogP contribution in [0.4, 0.5) is 0 Å². The summed E-state index contributed by atoms with van der Waals surface area (Å²) in [5.74, 6) is 1.39. The first kappa shape index (κ1) is 11.5. The summed E-state index contributed by atoms with van der Waals surface area (Å²) in [5, 5.41) is 18.1. The van der Waals surface area contributed by atoms with E-state index in [1.165, 1.54) is 25.7 Å². The van der Waals surface area contributed by atoms with Gasteiger partial charge in [-0.1, -0.05) is 25.0 Å². The Kier molecular flexibility index (Phi) is 3.85. The third-order valence-electron chi connectivity index (χ3n) is 3.12. The Morgan fingerprint density at radius 2 is 2.00 bits per heavy atom. The predicted octanol–water partition coefficient (Wildman–Crippen LogP) is 0.935. The zero-order valence-electron chi connectivity index (χ0n) is 9.30. The third-order valence-corrected chi connectivity index (χ3v) is 3.12. The Morgan fingerprint density at radius 3 is 2.69 bits per heavy atom. The van der Waals surface area contributed by atoms with Crippen molar-refractivity contribution < 1.29 is 14.8 Å². The molecule has 2 rings (SSSR count). The molecule has 0 aromatic heterocycles. The monoisotopic (exact) mass is 220 g/mol. The molecule has 4 heteroatoms. The van der Waals surface area contributed by atoms with E-state index in [4.69, 9.17) is 14.8 Å². The smallest absolute Gasteiger partial charge is 0.488 e. The molecule has 1 aromatic rings. The number of ether oxygens (including phenoxy) is 1. The van der Waals surface area contributed by atoms with E-state index in [0.29, 0.717) is 11.4 Å². The average molecular weight is 220 g/mol. The van der Waals surface area contributed by atoms with Gasteiger partial charge in [0.05, 0.1) is 6.61 Å². The van der Waals surface area contributed by atoms with Crippen LogP contribution < -0.4 is 10.2 Å². The van der Waals surface area contributed by atoms with E-state index in [9.17, 15) is 0 Å². The molecule has 1 aliphatic rings. The van der Waals surface area contributed by atoms with Gasteiger partial charge in [0.1, 0.15) is 5.75 Å². The van der Waals surface area contributed by atoms with Crippen molar-refractivity contribution in [1.29, 1.82) is 0 Å². The lowest BCUT2D eigenvalue weighted by molar-refractivity contribution is 0.252. The zero-order chi connectivity index (χ0) is 11.4. The molecular formula is C12H17BO3. The molecule has 1 saturated carbocycles. The lowest BCUT2D eigenvalue weighted by Crippen LogP contribution is -2.29. The molecule has 0 unspecified atom stereocenters. The van der Waals surface area contributed by atoms with Crippen molar-refractivity contribution in [3.8, 4) is 5.75 Å². The molecule has 0 aliphatic heterocycles. The topological polar surface area (TPSA) is 49.7 Å². The Balaban J connectivity index is 1.90. The van der Waals surface area contributed by atoms with Gasteiger partial charge in [0.15, 0.2) is 0 Å². The first-order valence-corrected chi connectivity index (χ1v) is 5.84. The molecule has 1 fully saturated rings. The highest BCUT2D eigenvalue weighted by Gasteiger charge is 2.16. The van der Waals surface area contributed by atoms with Gasteiger partial charge < -0.3 is 14.8 Å². The highest BCUT2D eigenvalue weighted by Crippen LogP contribution is 2.25. The number of hydrogen-bond acceptors (Lipinski definition) is 3. The average Bonchev–Trinajstić information content (AvgIpc) is 2.79. The quantitative estimate of drug-likeness (QED) is 0.742. The maximum absolute atomic E-state index is 9.03. The van der Waals surface area contributed by atoms with E-state index in [2.05, 4.69) is 0 Å². The number of benzene rings is 1. The SMILES string of the molecule is OB(O)c1cccc(OCC2CCCC2)c1. The molecule has 3 nitrogen and oxygen atoms in total. The van der Waals surface area contributed by atoms with E-state index in [1.807, 2.05) is 6.07 Å². The molecular weight excluding hydrogens is 203 g/mol. The summed E-state index contributed by atoms with van der Waals surface area (Å²) in [6.07, 6.45) is 5.12. The molecule has 0 radical (unpaired) electrons. The molecule has 1 aliphatic carbocycles. The molecule has 0 amide bonds. The van der Waals surface area contributed by atoms with E-state index in [1.54, 1.807) is 18.2 Å². The van der Waals surface area contributed by atoms with Crippen LogP contribution in [0.2, 0.25) is 0 Å². The Morgan fingerprint density at radius 1 is 1.25 bits per heavy atom. The van der Waals surface area contributed by atoms with Crippen LogP contribution in [0.1, 0.15) is 25.7 Å². The Labute approximate surface area is 96.2 Å². The summed E-state index contributed by atoms with van der Waals surface area (Å²) >= 11 is 0. The second-order valence-electron chi connectivity index (χ2n) is 4.41. The van der Waals surface area contributed by atoms with Crippen LogP contribution in [-0.2, 0) is 0 Å². The summed E-state index contributed by atoms with van der Waals surface area (Å²) < 4.78 is 5.66. The summed E-state index contributed by atoms with van der Waals surface area (Å²) in [4.78, 5) is 0. The summed E-state index contributed by atoms with van der Waals surface area (Å²) in [5.41, 5.74) is 0.476. The van der Waals surface area contributed by atoms with Crippen molar-refractivity contribution in [2.75, 3.05) is 6.61 Å². The van der Waals surface area contributed by atoms with Crippen molar-refractivity contribution in [2.24, 2.45) is 5.92 Å². The molecule has 2 N–H and O–H groups in total. The predicted molar refractivity (Wildman–Crippen MR) is 63.7 cm³/mol. The molecule has 0 saturated heterocycles. The maximum atomic E-state index is 9.03. The maximum Gasteiger partial charge on any atom is 0.488 e.